The molecule has 0 amide bonds. The van der Waals surface area contributed by atoms with Crippen molar-refractivity contribution in [3.63, 3.8) is 0 Å². The van der Waals surface area contributed by atoms with Gasteiger partial charge in [-0.25, -0.2) is 13.1 Å². The minimum atomic E-state index is -3.63. The number of carbonyl (C=O) groups is 1. The molecule has 0 aromatic heterocycles. The molecule has 5 nitrogen and oxygen atoms in total. The second-order valence-electron chi connectivity index (χ2n) is 6.17. The summed E-state index contributed by atoms with van der Waals surface area (Å²) in [6.45, 7) is 3.39. The van der Waals surface area contributed by atoms with Gasteiger partial charge in [0.15, 0.2) is 0 Å². The number of aryl methyl sites for hydroxylation is 2. The van der Waals surface area contributed by atoms with Crippen LogP contribution in [0.1, 0.15) is 44.2 Å². The van der Waals surface area contributed by atoms with E-state index in [-0.39, 0.29) is 17.7 Å². The fourth-order valence-corrected chi connectivity index (χ4v) is 4.10. The molecular formula is C15H21NO4S. The number of sulfonamides is 1. The molecule has 0 bridgehead atoms. The number of rotatable bonds is 6. The Hall–Kier alpha value is -1.40. The molecule has 116 valence electrons. The Labute approximate surface area is 125 Å². The zero-order valence-corrected chi connectivity index (χ0v) is 13.2. The minimum absolute atomic E-state index is 0.0697. The van der Waals surface area contributed by atoms with E-state index in [1.54, 1.807) is 26.0 Å². The van der Waals surface area contributed by atoms with Crippen LogP contribution >= 0.6 is 0 Å². The minimum Gasteiger partial charge on any atom is -0.481 e. The topological polar surface area (TPSA) is 83.5 Å². The Kier molecular flexibility index (Phi) is 4.39. The molecular weight excluding hydrogens is 290 g/mol. The van der Waals surface area contributed by atoms with Crippen LogP contribution in [0.5, 0.6) is 0 Å². The SMILES string of the molecule is CC(C)(CCC(=O)O)NS(=O)(=O)c1ccc2c(c1)CCC2. The highest BCUT2D eigenvalue weighted by molar-refractivity contribution is 7.89. The van der Waals surface area contributed by atoms with Crippen molar-refractivity contribution in [2.45, 2.75) is 56.4 Å². The van der Waals surface area contributed by atoms with E-state index < -0.39 is 21.5 Å². The fraction of sp³-hybridized carbons (Fsp3) is 0.533. The standard InChI is InChI=1S/C15H21NO4S/c1-15(2,9-8-14(17)18)16-21(19,20)13-7-6-11-4-3-5-12(11)10-13/h6-7,10,16H,3-5,8-9H2,1-2H3,(H,17,18). The van der Waals surface area contributed by atoms with Crippen LogP contribution in [0.4, 0.5) is 0 Å². The maximum absolute atomic E-state index is 12.4. The molecule has 2 N–H and O–H groups in total. The van der Waals surface area contributed by atoms with Crippen molar-refractivity contribution in [3.05, 3.63) is 29.3 Å². The van der Waals surface area contributed by atoms with Gasteiger partial charge < -0.3 is 5.11 Å². The fourth-order valence-electron chi connectivity index (χ4n) is 2.61. The number of fused-ring (bicyclic) bond motifs is 1. The van der Waals surface area contributed by atoms with E-state index in [9.17, 15) is 13.2 Å². The predicted molar refractivity (Wildman–Crippen MR) is 79.7 cm³/mol. The third-order valence-electron chi connectivity index (χ3n) is 3.75. The number of hydrogen-bond acceptors (Lipinski definition) is 3. The van der Waals surface area contributed by atoms with Gasteiger partial charge in [0.05, 0.1) is 4.90 Å². The van der Waals surface area contributed by atoms with Crippen molar-refractivity contribution < 1.29 is 18.3 Å². The lowest BCUT2D eigenvalue weighted by Crippen LogP contribution is -2.43. The Morgan fingerprint density at radius 2 is 1.95 bits per heavy atom. The van der Waals surface area contributed by atoms with Gasteiger partial charge >= 0.3 is 5.97 Å². The lowest BCUT2D eigenvalue weighted by molar-refractivity contribution is -0.137. The van der Waals surface area contributed by atoms with Gasteiger partial charge in [-0.05, 0) is 62.8 Å². The maximum atomic E-state index is 12.4. The first-order chi connectivity index (χ1) is 9.70. The van der Waals surface area contributed by atoms with Crippen molar-refractivity contribution in [2.75, 3.05) is 0 Å². The Morgan fingerprint density at radius 3 is 2.62 bits per heavy atom. The van der Waals surface area contributed by atoms with E-state index in [0.717, 1.165) is 24.8 Å². The molecule has 6 heteroatoms. The van der Waals surface area contributed by atoms with E-state index >= 15 is 0 Å². The molecule has 0 spiro atoms. The first kappa shape index (κ1) is 16.0. The van der Waals surface area contributed by atoms with E-state index in [1.165, 1.54) is 5.56 Å². The zero-order valence-electron chi connectivity index (χ0n) is 12.3. The predicted octanol–water partition coefficient (Wildman–Crippen LogP) is 2.10. The van der Waals surface area contributed by atoms with E-state index in [2.05, 4.69) is 4.72 Å². The van der Waals surface area contributed by atoms with Crippen molar-refractivity contribution in [1.29, 1.82) is 0 Å². The molecule has 1 aromatic carbocycles. The summed E-state index contributed by atoms with van der Waals surface area (Å²) in [5, 5.41) is 8.72. The highest BCUT2D eigenvalue weighted by atomic mass is 32.2. The second-order valence-corrected chi connectivity index (χ2v) is 7.85. The van der Waals surface area contributed by atoms with E-state index in [1.807, 2.05) is 6.07 Å². The van der Waals surface area contributed by atoms with Gasteiger partial charge in [-0.1, -0.05) is 6.07 Å². The quantitative estimate of drug-likeness (QED) is 0.842. The average Bonchev–Trinajstić information content (AvgIpc) is 2.82. The number of benzene rings is 1. The summed E-state index contributed by atoms with van der Waals surface area (Å²) in [7, 11) is -3.63. The van der Waals surface area contributed by atoms with Crippen LogP contribution in [0.3, 0.4) is 0 Å². The summed E-state index contributed by atoms with van der Waals surface area (Å²) in [6.07, 6.45) is 3.16. The molecule has 0 fully saturated rings. The third kappa shape index (κ3) is 4.04. The molecule has 2 rings (SSSR count). The highest BCUT2D eigenvalue weighted by Crippen LogP contribution is 2.25. The smallest absolute Gasteiger partial charge is 0.303 e. The van der Waals surface area contributed by atoms with Crippen LogP contribution in [-0.2, 0) is 27.7 Å². The number of carboxylic acid groups (broad SMARTS) is 1. The lowest BCUT2D eigenvalue weighted by Gasteiger charge is -2.25. The monoisotopic (exact) mass is 311 g/mol. The van der Waals surface area contributed by atoms with Crippen LogP contribution in [-0.4, -0.2) is 25.0 Å². The first-order valence-electron chi connectivity index (χ1n) is 7.07. The number of nitrogens with one attached hydrogen (secondary N) is 1. The Bertz CT molecular complexity index is 650. The summed E-state index contributed by atoms with van der Waals surface area (Å²) in [5.74, 6) is -0.931. The first-order valence-corrected chi connectivity index (χ1v) is 8.55. The Balaban J connectivity index is 2.16. The van der Waals surface area contributed by atoms with Gasteiger partial charge in [0.1, 0.15) is 0 Å². The summed E-state index contributed by atoms with van der Waals surface area (Å²) in [5.41, 5.74) is 1.52. The van der Waals surface area contributed by atoms with Crippen LogP contribution in [0.15, 0.2) is 23.1 Å². The molecule has 0 aliphatic heterocycles. The van der Waals surface area contributed by atoms with Crippen LogP contribution < -0.4 is 4.72 Å². The average molecular weight is 311 g/mol. The van der Waals surface area contributed by atoms with Crippen molar-refractivity contribution >= 4 is 16.0 Å². The van der Waals surface area contributed by atoms with Crippen molar-refractivity contribution in [3.8, 4) is 0 Å². The third-order valence-corrected chi connectivity index (χ3v) is 5.45. The molecule has 0 atom stereocenters. The van der Waals surface area contributed by atoms with Crippen LogP contribution in [0.2, 0.25) is 0 Å². The van der Waals surface area contributed by atoms with Crippen molar-refractivity contribution in [2.24, 2.45) is 0 Å². The van der Waals surface area contributed by atoms with Gasteiger partial charge in [-0.2, -0.15) is 0 Å². The van der Waals surface area contributed by atoms with Crippen LogP contribution in [0.25, 0.3) is 0 Å². The van der Waals surface area contributed by atoms with Gasteiger partial charge in [0.25, 0.3) is 0 Å². The molecule has 1 aliphatic rings. The molecule has 0 saturated heterocycles. The number of hydrogen-bond donors (Lipinski definition) is 2. The van der Waals surface area contributed by atoms with Gasteiger partial charge in [-0.3, -0.25) is 4.79 Å². The largest absolute Gasteiger partial charge is 0.481 e. The van der Waals surface area contributed by atoms with E-state index in [4.69, 9.17) is 5.11 Å². The summed E-state index contributed by atoms with van der Waals surface area (Å²) >= 11 is 0. The van der Waals surface area contributed by atoms with Crippen molar-refractivity contribution in [1.82, 2.24) is 4.72 Å². The molecule has 0 saturated carbocycles. The molecule has 1 aromatic rings. The Morgan fingerprint density at radius 1 is 1.29 bits per heavy atom. The lowest BCUT2D eigenvalue weighted by atomic mass is 10.0. The molecule has 0 radical (unpaired) electrons. The summed E-state index contributed by atoms with van der Waals surface area (Å²) in [4.78, 5) is 10.9. The highest BCUT2D eigenvalue weighted by Gasteiger charge is 2.27. The van der Waals surface area contributed by atoms with Crippen LogP contribution in [0, 0.1) is 0 Å². The summed E-state index contributed by atoms with van der Waals surface area (Å²) < 4.78 is 27.5. The zero-order chi connectivity index (χ0) is 15.7. The summed E-state index contributed by atoms with van der Waals surface area (Å²) in [6, 6.07) is 5.23. The van der Waals surface area contributed by atoms with Gasteiger partial charge in [0, 0.05) is 12.0 Å². The van der Waals surface area contributed by atoms with Gasteiger partial charge in [0.2, 0.25) is 10.0 Å². The molecule has 1 aliphatic carbocycles. The van der Waals surface area contributed by atoms with E-state index in [0.29, 0.717) is 0 Å². The maximum Gasteiger partial charge on any atom is 0.303 e. The molecule has 0 heterocycles. The number of aliphatic carboxylic acids is 1. The second kappa shape index (κ2) is 5.77. The van der Waals surface area contributed by atoms with Gasteiger partial charge in [-0.15, -0.1) is 0 Å². The normalized spacial score (nSPS) is 15.0. The molecule has 21 heavy (non-hydrogen) atoms. The molecule has 0 unspecified atom stereocenters. The number of carboxylic acids is 1.